The molecule has 1 aliphatic carbocycles. The van der Waals surface area contributed by atoms with Crippen LogP contribution in [-0.4, -0.2) is 12.4 Å². The van der Waals surface area contributed by atoms with Crippen molar-refractivity contribution in [2.45, 2.75) is 32.2 Å². The van der Waals surface area contributed by atoms with Crippen LogP contribution in [-0.2, 0) is 6.54 Å². The quantitative estimate of drug-likeness (QED) is 0.783. The van der Waals surface area contributed by atoms with Crippen molar-refractivity contribution in [2.24, 2.45) is 5.41 Å². The van der Waals surface area contributed by atoms with Crippen LogP contribution in [0.5, 0.6) is 0 Å². The lowest BCUT2D eigenvalue weighted by atomic mass is 9.88. The normalized spacial score (nSPS) is 18.2. The van der Waals surface area contributed by atoms with Crippen molar-refractivity contribution in [3.8, 4) is 0 Å². The van der Waals surface area contributed by atoms with Gasteiger partial charge < -0.3 is 5.32 Å². The Labute approximate surface area is 121 Å². The summed E-state index contributed by atoms with van der Waals surface area (Å²) in [5.41, 5.74) is 1.35. The lowest BCUT2D eigenvalue weighted by molar-refractivity contribution is 0.320. The van der Waals surface area contributed by atoms with Gasteiger partial charge in [0.05, 0.1) is 0 Å². The maximum Gasteiger partial charge on any atom is 0.124 e. The SMILES string of the molecule is Fc1ccc(CNCC2(CCl)CCCC2)c(Br)c1. The summed E-state index contributed by atoms with van der Waals surface area (Å²) in [4.78, 5) is 0. The highest BCUT2D eigenvalue weighted by Crippen LogP contribution is 2.38. The molecule has 0 spiro atoms. The smallest absolute Gasteiger partial charge is 0.124 e. The number of nitrogens with one attached hydrogen (secondary N) is 1. The van der Waals surface area contributed by atoms with E-state index in [0.29, 0.717) is 0 Å². The molecule has 1 nitrogen and oxygen atoms in total. The highest BCUT2D eigenvalue weighted by Gasteiger charge is 2.32. The first-order chi connectivity index (χ1) is 8.65. The molecule has 0 aliphatic heterocycles. The van der Waals surface area contributed by atoms with Gasteiger partial charge in [-0.15, -0.1) is 11.6 Å². The number of halogens is 3. The minimum atomic E-state index is -0.210. The van der Waals surface area contributed by atoms with E-state index >= 15 is 0 Å². The van der Waals surface area contributed by atoms with Crippen LogP contribution >= 0.6 is 27.5 Å². The fraction of sp³-hybridized carbons (Fsp3) is 0.571. The lowest BCUT2D eigenvalue weighted by Gasteiger charge is -2.26. The standard InChI is InChI=1S/C14H18BrClFN/c15-13-7-12(17)4-3-11(13)8-18-10-14(9-16)5-1-2-6-14/h3-4,7,18H,1-2,5-6,8-10H2. The molecule has 1 N–H and O–H groups in total. The second-order valence-corrected chi connectivity index (χ2v) is 6.30. The molecule has 0 heterocycles. The Morgan fingerprint density at radius 1 is 1.33 bits per heavy atom. The van der Waals surface area contributed by atoms with Crippen LogP contribution in [0.15, 0.2) is 22.7 Å². The molecule has 4 heteroatoms. The molecule has 0 amide bonds. The Hall–Kier alpha value is -0.120. The van der Waals surface area contributed by atoms with E-state index in [1.165, 1.54) is 37.8 Å². The molecule has 1 saturated carbocycles. The topological polar surface area (TPSA) is 12.0 Å². The molecule has 1 aromatic carbocycles. The predicted octanol–water partition coefficient (Wildman–Crippen LogP) is 4.48. The Bertz CT molecular complexity index is 405. The predicted molar refractivity (Wildman–Crippen MR) is 77.4 cm³/mol. The number of rotatable bonds is 5. The number of hydrogen-bond acceptors (Lipinski definition) is 1. The van der Waals surface area contributed by atoms with Crippen molar-refractivity contribution in [1.29, 1.82) is 0 Å². The van der Waals surface area contributed by atoms with E-state index in [2.05, 4.69) is 21.2 Å². The van der Waals surface area contributed by atoms with Crippen molar-refractivity contribution in [3.05, 3.63) is 34.1 Å². The lowest BCUT2D eigenvalue weighted by Crippen LogP contribution is -2.33. The molecule has 0 radical (unpaired) electrons. The van der Waals surface area contributed by atoms with E-state index in [4.69, 9.17) is 11.6 Å². The number of hydrogen-bond donors (Lipinski definition) is 1. The molecular weight excluding hydrogens is 317 g/mol. The molecule has 1 aromatic rings. The van der Waals surface area contributed by atoms with Gasteiger partial charge in [0, 0.05) is 23.4 Å². The molecule has 1 aliphatic rings. The summed E-state index contributed by atoms with van der Waals surface area (Å²) in [6.07, 6.45) is 5.01. The Morgan fingerprint density at radius 3 is 2.67 bits per heavy atom. The van der Waals surface area contributed by atoms with Crippen LogP contribution in [0.25, 0.3) is 0 Å². The van der Waals surface area contributed by atoms with E-state index < -0.39 is 0 Å². The summed E-state index contributed by atoms with van der Waals surface area (Å²) in [5, 5.41) is 3.46. The largest absolute Gasteiger partial charge is 0.312 e. The minimum absolute atomic E-state index is 0.210. The molecule has 2 rings (SSSR count). The molecule has 0 aromatic heterocycles. The van der Waals surface area contributed by atoms with E-state index in [9.17, 15) is 4.39 Å². The summed E-state index contributed by atoms with van der Waals surface area (Å²) >= 11 is 9.48. The van der Waals surface area contributed by atoms with Gasteiger partial charge in [0.2, 0.25) is 0 Å². The minimum Gasteiger partial charge on any atom is -0.312 e. The molecule has 0 atom stereocenters. The zero-order chi connectivity index (χ0) is 13.0. The highest BCUT2D eigenvalue weighted by atomic mass is 79.9. The van der Waals surface area contributed by atoms with Crippen molar-refractivity contribution in [2.75, 3.05) is 12.4 Å². The molecule has 18 heavy (non-hydrogen) atoms. The maximum atomic E-state index is 13.0. The van der Waals surface area contributed by atoms with Crippen LogP contribution in [0.3, 0.4) is 0 Å². The second-order valence-electron chi connectivity index (χ2n) is 5.18. The monoisotopic (exact) mass is 333 g/mol. The summed E-state index contributed by atoms with van der Waals surface area (Å²) in [6.45, 7) is 1.69. The summed E-state index contributed by atoms with van der Waals surface area (Å²) in [6, 6.07) is 4.81. The average Bonchev–Trinajstić information content (AvgIpc) is 2.81. The Balaban J connectivity index is 1.88. The van der Waals surface area contributed by atoms with E-state index in [1.807, 2.05) is 6.07 Å². The zero-order valence-electron chi connectivity index (χ0n) is 10.3. The van der Waals surface area contributed by atoms with E-state index in [0.717, 1.165) is 29.0 Å². The Morgan fingerprint density at radius 2 is 2.06 bits per heavy atom. The van der Waals surface area contributed by atoms with E-state index in [1.54, 1.807) is 0 Å². The molecule has 0 unspecified atom stereocenters. The van der Waals surface area contributed by atoms with Gasteiger partial charge in [0.15, 0.2) is 0 Å². The summed E-state index contributed by atoms with van der Waals surface area (Å²) < 4.78 is 13.8. The van der Waals surface area contributed by atoms with Crippen molar-refractivity contribution >= 4 is 27.5 Å². The molecule has 1 fully saturated rings. The average molecular weight is 335 g/mol. The molecular formula is C14H18BrClFN. The van der Waals surface area contributed by atoms with Crippen molar-refractivity contribution < 1.29 is 4.39 Å². The van der Waals surface area contributed by atoms with Gasteiger partial charge in [-0.25, -0.2) is 4.39 Å². The third-order valence-corrected chi connectivity index (χ3v) is 5.08. The second kappa shape index (κ2) is 6.36. The first kappa shape index (κ1) is 14.3. The highest BCUT2D eigenvalue weighted by molar-refractivity contribution is 9.10. The molecule has 0 bridgehead atoms. The van der Waals surface area contributed by atoms with Gasteiger partial charge in [0.1, 0.15) is 5.82 Å². The third kappa shape index (κ3) is 3.46. The maximum absolute atomic E-state index is 13.0. The van der Waals surface area contributed by atoms with Gasteiger partial charge in [-0.3, -0.25) is 0 Å². The third-order valence-electron chi connectivity index (χ3n) is 3.78. The van der Waals surface area contributed by atoms with E-state index in [-0.39, 0.29) is 11.2 Å². The first-order valence-electron chi connectivity index (χ1n) is 6.36. The van der Waals surface area contributed by atoms with Gasteiger partial charge in [-0.1, -0.05) is 34.8 Å². The van der Waals surface area contributed by atoms with Crippen molar-refractivity contribution in [1.82, 2.24) is 5.32 Å². The fourth-order valence-corrected chi connectivity index (χ4v) is 3.46. The van der Waals surface area contributed by atoms with Gasteiger partial charge >= 0.3 is 0 Å². The number of alkyl halides is 1. The van der Waals surface area contributed by atoms with Crippen LogP contribution < -0.4 is 5.32 Å². The van der Waals surface area contributed by atoms with Crippen LogP contribution in [0, 0.1) is 11.2 Å². The van der Waals surface area contributed by atoms with Crippen LogP contribution in [0.2, 0.25) is 0 Å². The Kier molecular flexibility index (Phi) is 5.05. The zero-order valence-corrected chi connectivity index (χ0v) is 12.7. The van der Waals surface area contributed by atoms with Crippen LogP contribution in [0.1, 0.15) is 31.2 Å². The molecule has 0 saturated heterocycles. The van der Waals surface area contributed by atoms with Gasteiger partial charge in [-0.05, 0) is 36.0 Å². The van der Waals surface area contributed by atoms with Gasteiger partial charge in [-0.2, -0.15) is 0 Å². The molecule has 100 valence electrons. The number of benzene rings is 1. The van der Waals surface area contributed by atoms with Crippen LogP contribution in [0.4, 0.5) is 4.39 Å². The summed E-state index contributed by atoms with van der Waals surface area (Å²) in [7, 11) is 0. The fourth-order valence-electron chi connectivity index (χ4n) is 2.61. The van der Waals surface area contributed by atoms with Gasteiger partial charge in [0.25, 0.3) is 0 Å². The van der Waals surface area contributed by atoms with Crippen molar-refractivity contribution in [3.63, 3.8) is 0 Å². The first-order valence-corrected chi connectivity index (χ1v) is 7.69. The summed E-state index contributed by atoms with van der Waals surface area (Å²) in [5.74, 6) is 0.517.